The number of amides is 2. The van der Waals surface area contributed by atoms with Gasteiger partial charge in [-0.3, -0.25) is 9.59 Å². The van der Waals surface area contributed by atoms with Gasteiger partial charge in [-0.25, -0.2) is 14.8 Å². The summed E-state index contributed by atoms with van der Waals surface area (Å²) in [7, 11) is 1.33. The minimum absolute atomic E-state index is 0.0507. The molecular weight excluding hydrogens is 432 g/mol. The standard InChI is InChI=1S/C23H27ClN4O4/c1-14(24)22(30)28-9-7-17(8-10-28)20-19(13-25-15(2)27-20)21(29)26-12-16-5-4-6-18(11-16)23(31)32-3/h4-6,11,13-14,17H,7-10,12H2,1-3H3,(H,26,29). The summed E-state index contributed by atoms with van der Waals surface area (Å²) in [5, 5.41) is 2.34. The van der Waals surface area contributed by atoms with Gasteiger partial charge in [0.05, 0.1) is 23.9 Å². The predicted octanol–water partition coefficient (Wildman–Crippen LogP) is 2.83. The van der Waals surface area contributed by atoms with Crippen LogP contribution in [-0.2, 0) is 16.1 Å². The molecule has 1 N–H and O–H groups in total. The molecule has 0 spiro atoms. The molecule has 2 amide bonds. The molecule has 1 unspecified atom stereocenters. The van der Waals surface area contributed by atoms with Gasteiger partial charge in [0.2, 0.25) is 5.91 Å². The summed E-state index contributed by atoms with van der Waals surface area (Å²) in [4.78, 5) is 47.4. The summed E-state index contributed by atoms with van der Waals surface area (Å²) >= 11 is 5.93. The van der Waals surface area contributed by atoms with E-state index < -0.39 is 11.3 Å². The summed E-state index contributed by atoms with van der Waals surface area (Å²) < 4.78 is 4.74. The van der Waals surface area contributed by atoms with Crippen molar-refractivity contribution >= 4 is 29.4 Å². The molecule has 1 saturated heterocycles. The van der Waals surface area contributed by atoms with Crippen molar-refractivity contribution in [3.63, 3.8) is 0 Å². The Morgan fingerprint density at radius 3 is 2.66 bits per heavy atom. The lowest BCUT2D eigenvalue weighted by Crippen LogP contribution is -2.41. The van der Waals surface area contributed by atoms with Gasteiger partial charge in [-0.1, -0.05) is 12.1 Å². The molecule has 1 aromatic carbocycles. The quantitative estimate of drug-likeness (QED) is 0.527. The number of hydrogen-bond donors (Lipinski definition) is 1. The van der Waals surface area contributed by atoms with Gasteiger partial charge in [0.1, 0.15) is 11.2 Å². The average Bonchev–Trinajstić information content (AvgIpc) is 2.81. The van der Waals surface area contributed by atoms with E-state index in [2.05, 4.69) is 15.3 Å². The van der Waals surface area contributed by atoms with Crippen molar-refractivity contribution in [3.05, 3.63) is 58.7 Å². The fourth-order valence-electron chi connectivity index (χ4n) is 3.80. The number of rotatable bonds is 6. The van der Waals surface area contributed by atoms with E-state index in [9.17, 15) is 14.4 Å². The van der Waals surface area contributed by atoms with Crippen molar-refractivity contribution in [3.8, 4) is 0 Å². The second-order valence-electron chi connectivity index (χ2n) is 7.81. The topological polar surface area (TPSA) is 101 Å². The minimum atomic E-state index is -0.549. The van der Waals surface area contributed by atoms with E-state index in [0.29, 0.717) is 48.6 Å². The Hall–Kier alpha value is -3.00. The monoisotopic (exact) mass is 458 g/mol. The lowest BCUT2D eigenvalue weighted by atomic mass is 9.90. The molecular formula is C23H27ClN4O4. The Kier molecular flexibility index (Phi) is 7.80. The fourth-order valence-corrected chi connectivity index (χ4v) is 3.94. The van der Waals surface area contributed by atoms with Crippen molar-refractivity contribution in [1.29, 1.82) is 0 Å². The van der Waals surface area contributed by atoms with E-state index in [4.69, 9.17) is 16.3 Å². The van der Waals surface area contributed by atoms with E-state index in [1.165, 1.54) is 7.11 Å². The molecule has 32 heavy (non-hydrogen) atoms. The highest BCUT2D eigenvalue weighted by molar-refractivity contribution is 6.30. The van der Waals surface area contributed by atoms with Crippen molar-refractivity contribution in [1.82, 2.24) is 20.2 Å². The second kappa shape index (κ2) is 10.5. The first kappa shape index (κ1) is 23.7. The maximum Gasteiger partial charge on any atom is 0.337 e. The lowest BCUT2D eigenvalue weighted by molar-refractivity contribution is -0.131. The van der Waals surface area contributed by atoms with Crippen LogP contribution in [0.2, 0.25) is 0 Å². The van der Waals surface area contributed by atoms with Crippen LogP contribution in [0.25, 0.3) is 0 Å². The van der Waals surface area contributed by atoms with E-state index >= 15 is 0 Å². The summed E-state index contributed by atoms with van der Waals surface area (Å²) in [6.07, 6.45) is 2.96. The molecule has 170 valence electrons. The lowest BCUT2D eigenvalue weighted by Gasteiger charge is -2.33. The Balaban J connectivity index is 1.70. The van der Waals surface area contributed by atoms with Crippen LogP contribution in [0.4, 0.5) is 0 Å². The number of alkyl halides is 1. The highest BCUT2D eigenvalue weighted by Gasteiger charge is 2.29. The van der Waals surface area contributed by atoms with Crippen LogP contribution in [0.5, 0.6) is 0 Å². The normalized spacial score (nSPS) is 15.2. The molecule has 2 heterocycles. The number of benzene rings is 1. The molecule has 3 rings (SSSR count). The van der Waals surface area contributed by atoms with Gasteiger partial charge in [0.15, 0.2) is 0 Å². The number of aromatic nitrogens is 2. The number of hydrogen-bond acceptors (Lipinski definition) is 6. The second-order valence-corrected chi connectivity index (χ2v) is 8.46. The molecule has 1 atom stereocenters. The van der Waals surface area contributed by atoms with Gasteiger partial charge < -0.3 is 15.0 Å². The Morgan fingerprint density at radius 1 is 1.28 bits per heavy atom. The van der Waals surface area contributed by atoms with E-state index in [-0.39, 0.29) is 24.3 Å². The number of carbonyl (C=O) groups excluding carboxylic acids is 3. The first-order valence-corrected chi connectivity index (χ1v) is 11.0. The summed E-state index contributed by atoms with van der Waals surface area (Å²) in [6, 6.07) is 6.91. The first-order chi connectivity index (χ1) is 15.3. The Morgan fingerprint density at radius 2 is 2.00 bits per heavy atom. The average molecular weight is 459 g/mol. The van der Waals surface area contributed by atoms with Crippen LogP contribution in [-0.4, -0.2) is 58.2 Å². The molecule has 0 saturated carbocycles. The molecule has 9 heteroatoms. The van der Waals surface area contributed by atoms with Crippen LogP contribution < -0.4 is 5.32 Å². The zero-order valence-corrected chi connectivity index (χ0v) is 19.2. The predicted molar refractivity (Wildman–Crippen MR) is 120 cm³/mol. The van der Waals surface area contributed by atoms with Gasteiger partial charge in [-0.05, 0) is 44.4 Å². The van der Waals surface area contributed by atoms with Crippen molar-refractivity contribution in [2.24, 2.45) is 0 Å². The van der Waals surface area contributed by atoms with E-state index in [0.717, 1.165) is 5.56 Å². The van der Waals surface area contributed by atoms with Crippen molar-refractivity contribution in [2.45, 2.75) is 44.5 Å². The molecule has 0 aliphatic carbocycles. The number of likely N-dealkylation sites (tertiary alicyclic amines) is 1. The third-order valence-electron chi connectivity index (χ3n) is 5.52. The molecule has 8 nitrogen and oxygen atoms in total. The number of methoxy groups -OCH3 is 1. The maximum absolute atomic E-state index is 13.0. The summed E-state index contributed by atoms with van der Waals surface area (Å²) in [6.45, 7) is 4.86. The number of carbonyl (C=O) groups is 3. The first-order valence-electron chi connectivity index (χ1n) is 10.5. The van der Waals surface area contributed by atoms with Gasteiger partial charge in [0.25, 0.3) is 5.91 Å². The fraction of sp³-hybridized carbons (Fsp3) is 0.435. The summed E-state index contributed by atoms with van der Waals surface area (Å²) in [5.74, 6) is -0.140. The van der Waals surface area contributed by atoms with Gasteiger partial charge in [-0.2, -0.15) is 0 Å². The van der Waals surface area contributed by atoms with Crippen molar-refractivity contribution in [2.75, 3.05) is 20.2 Å². The zero-order valence-electron chi connectivity index (χ0n) is 18.4. The van der Waals surface area contributed by atoms with Crippen LogP contribution in [0.3, 0.4) is 0 Å². The number of aryl methyl sites for hydroxylation is 1. The Labute approximate surface area is 192 Å². The highest BCUT2D eigenvalue weighted by atomic mass is 35.5. The highest BCUT2D eigenvalue weighted by Crippen LogP contribution is 2.29. The van der Waals surface area contributed by atoms with E-state index in [1.807, 2.05) is 6.07 Å². The van der Waals surface area contributed by atoms with Gasteiger partial charge in [-0.15, -0.1) is 11.6 Å². The van der Waals surface area contributed by atoms with Crippen LogP contribution in [0, 0.1) is 6.92 Å². The number of halogens is 1. The zero-order chi connectivity index (χ0) is 23.3. The molecule has 1 aromatic heterocycles. The Bertz CT molecular complexity index is 1000. The number of piperidine rings is 1. The third kappa shape index (κ3) is 5.62. The van der Waals surface area contributed by atoms with Crippen molar-refractivity contribution < 1.29 is 19.1 Å². The molecule has 1 aliphatic heterocycles. The number of nitrogens with zero attached hydrogens (tertiary/aromatic N) is 3. The van der Waals surface area contributed by atoms with Crippen LogP contribution in [0.1, 0.15) is 63.5 Å². The van der Waals surface area contributed by atoms with Crippen LogP contribution >= 0.6 is 11.6 Å². The summed E-state index contributed by atoms with van der Waals surface area (Å²) in [5.41, 5.74) is 2.32. The third-order valence-corrected chi connectivity index (χ3v) is 5.70. The largest absolute Gasteiger partial charge is 0.465 e. The minimum Gasteiger partial charge on any atom is -0.465 e. The maximum atomic E-state index is 13.0. The molecule has 1 aliphatic rings. The SMILES string of the molecule is COC(=O)c1cccc(CNC(=O)c2cnc(C)nc2C2CCN(C(=O)C(C)Cl)CC2)c1. The number of nitrogens with one attached hydrogen (secondary N) is 1. The smallest absolute Gasteiger partial charge is 0.337 e. The molecule has 2 aromatic rings. The molecule has 0 bridgehead atoms. The van der Waals surface area contributed by atoms with Crippen LogP contribution in [0.15, 0.2) is 30.5 Å². The van der Waals surface area contributed by atoms with Gasteiger partial charge >= 0.3 is 5.97 Å². The van der Waals surface area contributed by atoms with E-state index in [1.54, 1.807) is 43.1 Å². The molecule has 0 radical (unpaired) electrons. The van der Waals surface area contributed by atoms with Gasteiger partial charge in [0, 0.05) is 31.7 Å². The number of esters is 1. The number of ether oxygens (including phenoxy) is 1. The molecule has 1 fully saturated rings.